The molecule has 1 aromatic carbocycles. The highest BCUT2D eigenvalue weighted by Crippen LogP contribution is 2.26. The van der Waals surface area contributed by atoms with E-state index in [1.54, 1.807) is 6.07 Å². The lowest BCUT2D eigenvalue weighted by atomic mass is 10.1. The molecule has 1 rings (SSSR count). The van der Waals surface area contributed by atoms with Gasteiger partial charge >= 0.3 is 0 Å². The van der Waals surface area contributed by atoms with Crippen LogP contribution < -0.4 is 5.32 Å². The minimum absolute atomic E-state index is 0.160. The lowest BCUT2D eigenvalue weighted by Crippen LogP contribution is -2.19. The van der Waals surface area contributed by atoms with E-state index < -0.39 is 0 Å². The van der Waals surface area contributed by atoms with Crippen LogP contribution in [-0.4, -0.2) is 24.9 Å². The van der Waals surface area contributed by atoms with Crippen LogP contribution in [0, 0.1) is 5.92 Å². The third kappa shape index (κ3) is 5.71. The van der Waals surface area contributed by atoms with Crippen molar-refractivity contribution in [2.24, 2.45) is 5.92 Å². The lowest BCUT2D eigenvalue weighted by Gasteiger charge is -2.09. The number of phenolic OH excluding ortho intramolecular Hbond substituents is 1. The molecule has 0 unspecified atom stereocenters. The van der Waals surface area contributed by atoms with Crippen LogP contribution in [0.15, 0.2) is 18.2 Å². The highest BCUT2D eigenvalue weighted by atomic mass is 35.5. The van der Waals surface area contributed by atoms with Gasteiger partial charge in [-0.25, -0.2) is 0 Å². The number of para-hydroxylation sites is 1. The Balaban J connectivity index is 2.13. The summed E-state index contributed by atoms with van der Waals surface area (Å²) < 4.78 is 5.49. The maximum absolute atomic E-state index is 9.70. The topological polar surface area (TPSA) is 41.5 Å². The second kappa shape index (κ2) is 8.35. The van der Waals surface area contributed by atoms with Crippen molar-refractivity contribution in [3.8, 4) is 5.75 Å². The maximum Gasteiger partial charge on any atom is 0.138 e. The van der Waals surface area contributed by atoms with E-state index in [0.717, 1.165) is 25.1 Å². The van der Waals surface area contributed by atoms with Gasteiger partial charge in [0.15, 0.2) is 0 Å². The van der Waals surface area contributed by atoms with Crippen LogP contribution in [-0.2, 0) is 11.3 Å². The number of benzene rings is 1. The van der Waals surface area contributed by atoms with Crippen molar-refractivity contribution in [1.29, 1.82) is 0 Å². The van der Waals surface area contributed by atoms with Crippen LogP contribution in [0.25, 0.3) is 0 Å². The molecule has 0 spiro atoms. The molecule has 18 heavy (non-hydrogen) atoms. The van der Waals surface area contributed by atoms with Crippen LogP contribution >= 0.6 is 11.6 Å². The van der Waals surface area contributed by atoms with Gasteiger partial charge in [0.25, 0.3) is 0 Å². The molecule has 3 nitrogen and oxygen atoms in total. The Labute approximate surface area is 114 Å². The Hall–Kier alpha value is -0.770. The van der Waals surface area contributed by atoms with Crippen LogP contribution in [0.3, 0.4) is 0 Å². The van der Waals surface area contributed by atoms with Crippen molar-refractivity contribution in [1.82, 2.24) is 5.32 Å². The number of hydrogen-bond acceptors (Lipinski definition) is 3. The normalized spacial score (nSPS) is 11.1. The van der Waals surface area contributed by atoms with Crippen molar-refractivity contribution in [3.05, 3.63) is 28.8 Å². The van der Waals surface area contributed by atoms with E-state index >= 15 is 0 Å². The Kier molecular flexibility index (Phi) is 7.09. The van der Waals surface area contributed by atoms with Crippen molar-refractivity contribution in [2.45, 2.75) is 26.8 Å². The molecule has 0 amide bonds. The smallest absolute Gasteiger partial charge is 0.138 e. The number of nitrogens with one attached hydrogen (secondary N) is 1. The van der Waals surface area contributed by atoms with Gasteiger partial charge in [0.2, 0.25) is 0 Å². The number of ether oxygens (including phenoxy) is 1. The van der Waals surface area contributed by atoms with E-state index in [1.807, 2.05) is 12.1 Å². The molecule has 0 aliphatic rings. The molecule has 0 aromatic heterocycles. The predicted octanol–water partition coefficient (Wildman–Crippen LogP) is 3.20. The van der Waals surface area contributed by atoms with Crippen LogP contribution in [0.5, 0.6) is 5.75 Å². The standard InChI is InChI=1S/C14H22ClNO2/c1-11(2)6-8-18-9-7-16-10-12-4-3-5-13(15)14(12)17/h3-5,11,16-17H,6-10H2,1-2H3. The van der Waals surface area contributed by atoms with E-state index in [2.05, 4.69) is 19.2 Å². The van der Waals surface area contributed by atoms with Crippen LogP contribution in [0.2, 0.25) is 5.02 Å². The van der Waals surface area contributed by atoms with Gasteiger partial charge in [0.05, 0.1) is 11.6 Å². The van der Waals surface area contributed by atoms with Crippen molar-refractivity contribution in [3.63, 3.8) is 0 Å². The quantitative estimate of drug-likeness (QED) is 0.714. The minimum Gasteiger partial charge on any atom is -0.506 e. The van der Waals surface area contributed by atoms with Gasteiger partial charge in [-0.15, -0.1) is 0 Å². The summed E-state index contributed by atoms with van der Waals surface area (Å²) in [5.74, 6) is 0.841. The summed E-state index contributed by atoms with van der Waals surface area (Å²) in [5.41, 5.74) is 0.810. The fourth-order valence-electron chi connectivity index (χ4n) is 1.49. The average molecular weight is 272 g/mol. The minimum atomic E-state index is 0.160. The van der Waals surface area contributed by atoms with E-state index in [4.69, 9.17) is 16.3 Å². The molecule has 4 heteroatoms. The highest BCUT2D eigenvalue weighted by molar-refractivity contribution is 6.32. The monoisotopic (exact) mass is 271 g/mol. The summed E-state index contributed by atoms with van der Waals surface area (Å²) in [4.78, 5) is 0. The summed E-state index contributed by atoms with van der Waals surface area (Å²) in [5, 5.41) is 13.3. The second-order valence-electron chi connectivity index (χ2n) is 4.72. The summed E-state index contributed by atoms with van der Waals surface area (Å²) >= 11 is 5.82. The van der Waals surface area contributed by atoms with Gasteiger partial charge in [-0.05, 0) is 18.4 Å². The fourth-order valence-corrected chi connectivity index (χ4v) is 1.69. The van der Waals surface area contributed by atoms with Gasteiger partial charge in [-0.2, -0.15) is 0 Å². The molecule has 1 aromatic rings. The third-order valence-electron chi connectivity index (χ3n) is 2.65. The first-order valence-corrected chi connectivity index (χ1v) is 6.74. The van der Waals surface area contributed by atoms with Gasteiger partial charge in [0, 0.05) is 25.3 Å². The third-order valence-corrected chi connectivity index (χ3v) is 2.95. The van der Waals surface area contributed by atoms with Crippen molar-refractivity contribution >= 4 is 11.6 Å². The molecule has 0 radical (unpaired) electrons. The zero-order valence-electron chi connectivity index (χ0n) is 11.1. The first kappa shape index (κ1) is 15.3. The van der Waals surface area contributed by atoms with E-state index in [9.17, 15) is 5.11 Å². The van der Waals surface area contributed by atoms with E-state index in [1.165, 1.54) is 0 Å². The summed E-state index contributed by atoms with van der Waals surface area (Å²) in [6.07, 6.45) is 1.09. The van der Waals surface area contributed by atoms with Gasteiger partial charge < -0.3 is 15.2 Å². The second-order valence-corrected chi connectivity index (χ2v) is 5.13. The molecule has 0 atom stereocenters. The summed E-state index contributed by atoms with van der Waals surface area (Å²) in [6.45, 7) is 7.23. The van der Waals surface area contributed by atoms with Gasteiger partial charge in [0.1, 0.15) is 5.75 Å². The van der Waals surface area contributed by atoms with Crippen LogP contribution in [0.4, 0.5) is 0 Å². The van der Waals surface area contributed by atoms with Crippen LogP contribution in [0.1, 0.15) is 25.8 Å². The molecule has 0 heterocycles. The average Bonchev–Trinajstić information content (AvgIpc) is 2.32. The largest absolute Gasteiger partial charge is 0.506 e. The Morgan fingerprint density at radius 2 is 2.11 bits per heavy atom. The molecule has 0 saturated carbocycles. The SMILES string of the molecule is CC(C)CCOCCNCc1cccc(Cl)c1O. The molecule has 0 saturated heterocycles. The van der Waals surface area contributed by atoms with Crippen molar-refractivity contribution < 1.29 is 9.84 Å². The predicted molar refractivity (Wildman–Crippen MR) is 75.1 cm³/mol. The molecule has 102 valence electrons. The summed E-state index contributed by atoms with van der Waals surface area (Å²) in [7, 11) is 0. The number of halogens is 1. The van der Waals surface area contributed by atoms with Crippen molar-refractivity contribution in [2.75, 3.05) is 19.8 Å². The zero-order chi connectivity index (χ0) is 13.4. The maximum atomic E-state index is 9.70. The molecule has 2 N–H and O–H groups in total. The van der Waals surface area contributed by atoms with Gasteiger partial charge in [-0.3, -0.25) is 0 Å². The molecular weight excluding hydrogens is 250 g/mol. The molecule has 0 aliphatic heterocycles. The lowest BCUT2D eigenvalue weighted by molar-refractivity contribution is 0.125. The number of phenols is 1. The van der Waals surface area contributed by atoms with E-state index in [-0.39, 0.29) is 5.75 Å². The van der Waals surface area contributed by atoms with Gasteiger partial charge in [-0.1, -0.05) is 37.6 Å². The van der Waals surface area contributed by atoms with E-state index in [0.29, 0.717) is 24.1 Å². The number of rotatable bonds is 8. The summed E-state index contributed by atoms with van der Waals surface area (Å²) in [6, 6.07) is 5.36. The highest BCUT2D eigenvalue weighted by Gasteiger charge is 2.03. The first-order chi connectivity index (χ1) is 8.61. The zero-order valence-corrected chi connectivity index (χ0v) is 11.8. The molecule has 0 fully saturated rings. The Morgan fingerprint density at radius 3 is 2.83 bits per heavy atom. The Bertz CT molecular complexity index is 356. The molecule has 0 aliphatic carbocycles. The Morgan fingerprint density at radius 1 is 1.33 bits per heavy atom. The number of aromatic hydroxyl groups is 1. The molecular formula is C14H22ClNO2. The fraction of sp³-hybridized carbons (Fsp3) is 0.571. The molecule has 0 bridgehead atoms. The number of hydrogen-bond donors (Lipinski definition) is 2. The first-order valence-electron chi connectivity index (χ1n) is 6.36.